The van der Waals surface area contributed by atoms with Gasteiger partial charge in [-0.25, -0.2) is 0 Å². The second-order valence-electron chi connectivity index (χ2n) is 5.24. The van der Waals surface area contributed by atoms with Crippen molar-refractivity contribution in [3.63, 3.8) is 0 Å². The van der Waals surface area contributed by atoms with Crippen LogP contribution in [0, 0.1) is 6.92 Å². The second kappa shape index (κ2) is 5.00. The lowest BCUT2D eigenvalue weighted by molar-refractivity contribution is -0.109. The molecule has 1 aliphatic heterocycles. The fraction of sp³-hybridized carbons (Fsp3) is 0.235. The number of hydrogen-bond acceptors (Lipinski definition) is 3. The number of rotatable bonds is 2. The number of nitrogens with zero attached hydrogens (tertiary/aromatic N) is 1. The van der Waals surface area contributed by atoms with E-state index in [0.717, 1.165) is 36.1 Å². The number of hydrogen-bond donors (Lipinski definition) is 1. The van der Waals surface area contributed by atoms with Crippen LogP contribution in [0.5, 0.6) is 5.75 Å². The van der Waals surface area contributed by atoms with Crippen molar-refractivity contribution in [2.45, 2.75) is 19.4 Å². The molecule has 3 nitrogen and oxygen atoms in total. The summed E-state index contributed by atoms with van der Waals surface area (Å²) >= 11 is 0. The Balaban J connectivity index is 2.00. The van der Waals surface area contributed by atoms with Crippen molar-refractivity contribution in [3.05, 3.63) is 59.2 Å². The first kappa shape index (κ1) is 12.7. The zero-order valence-corrected chi connectivity index (χ0v) is 11.4. The van der Waals surface area contributed by atoms with Crippen molar-refractivity contribution in [1.29, 1.82) is 0 Å². The molecule has 1 unspecified atom stereocenters. The van der Waals surface area contributed by atoms with Crippen molar-refractivity contribution in [3.8, 4) is 5.75 Å². The molecule has 3 heteroatoms. The van der Waals surface area contributed by atoms with Gasteiger partial charge in [0.2, 0.25) is 0 Å². The number of benzene rings is 2. The van der Waals surface area contributed by atoms with Crippen LogP contribution in [-0.4, -0.2) is 17.9 Å². The highest BCUT2D eigenvalue weighted by atomic mass is 16.3. The monoisotopic (exact) mass is 267 g/mol. The van der Waals surface area contributed by atoms with Crippen LogP contribution in [0.2, 0.25) is 0 Å². The largest absolute Gasteiger partial charge is 0.508 e. The summed E-state index contributed by atoms with van der Waals surface area (Å²) in [6, 6.07) is 13.2. The van der Waals surface area contributed by atoms with E-state index in [4.69, 9.17) is 0 Å². The number of aromatic hydroxyl groups is 1. The quantitative estimate of drug-likeness (QED) is 0.850. The molecule has 0 bridgehead atoms. The molecule has 0 amide bonds. The number of anilines is 1. The van der Waals surface area contributed by atoms with E-state index in [1.165, 1.54) is 5.56 Å². The van der Waals surface area contributed by atoms with E-state index in [1.54, 1.807) is 12.1 Å². The maximum absolute atomic E-state index is 11.6. The molecule has 0 radical (unpaired) electrons. The van der Waals surface area contributed by atoms with Gasteiger partial charge in [0.05, 0.1) is 0 Å². The molecule has 0 aromatic heterocycles. The van der Waals surface area contributed by atoms with E-state index < -0.39 is 0 Å². The number of aldehydes is 1. The fourth-order valence-electron chi connectivity index (χ4n) is 2.82. The van der Waals surface area contributed by atoms with Crippen LogP contribution < -0.4 is 4.90 Å². The standard InChI is InChI=1S/C17H17NO2/c1-12-2-4-14(5-3-12)18-9-8-13-10-15(20)6-7-16(13)17(18)11-19/h2-7,10-11,17,20H,8-9H2,1H3. The molecule has 2 aromatic rings. The summed E-state index contributed by atoms with van der Waals surface area (Å²) in [4.78, 5) is 13.7. The second-order valence-corrected chi connectivity index (χ2v) is 5.24. The van der Waals surface area contributed by atoms with Gasteiger partial charge in [-0.3, -0.25) is 0 Å². The Morgan fingerprint density at radius 2 is 1.95 bits per heavy atom. The first-order valence-corrected chi connectivity index (χ1v) is 6.79. The van der Waals surface area contributed by atoms with E-state index in [9.17, 15) is 9.90 Å². The van der Waals surface area contributed by atoms with Crippen molar-refractivity contribution < 1.29 is 9.90 Å². The first-order chi connectivity index (χ1) is 9.69. The topological polar surface area (TPSA) is 40.5 Å². The van der Waals surface area contributed by atoms with Crippen LogP contribution in [-0.2, 0) is 11.2 Å². The van der Waals surface area contributed by atoms with Crippen molar-refractivity contribution in [1.82, 2.24) is 0 Å². The molecule has 102 valence electrons. The van der Waals surface area contributed by atoms with Gasteiger partial charge in [0, 0.05) is 12.2 Å². The predicted molar refractivity (Wildman–Crippen MR) is 79.1 cm³/mol. The lowest BCUT2D eigenvalue weighted by atomic mass is 9.92. The predicted octanol–water partition coefficient (Wildman–Crippen LogP) is 3.00. The first-order valence-electron chi connectivity index (χ1n) is 6.79. The summed E-state index contributed by atoms with van der Waals surface area (Å²) in [6.07, 6.45) is 1.82. The third kappa shape index (κ3) is 2.16. The lowest BCUT2D eigenvalue weighted by Gasteiger charge is -2.36. The van der Waals surface area contributed by atoms with Crippen molar-refractivity contribution in [2.75, 3.05) is 11.4 Å². The van der Waals surface area contributed by atoms with Crippen LogP contribution in [0.1, 0.15) is 22.7 Å². The van der Waals surface area contributed by atoms with Crippen molar-refractivity contribution in [2.24, 2.45) is 0 Å². The minimum atomic E-state index is -0.276. The van der Waals surface area contributed by atoms with Crippen LogP contribution in [0.4, 0.5) is 5.69 Å². The average molecular weight is 267 g/mol. The van der Waals surface area contributed by atoms with E-state index in [0.29, 0.717) is 0 Å². The Morgan fingerprint density at radius 1 is 1.20 bits per heavy atom. The molecule has 1 atom stereocenters. The number of carbonyl (C=O) groups is 1. The SMILES string of the molecule is Cc1ccc(N2CCc3cc(O)ccc3C2C=O)cc1. The smallest absolute Gasteiger partial charge is 0.146 e. The Kier molecular flexibility index (Phi) is 3.18. The number of carbonyl (C=O) groups excluding carboxylic acids is 1. The molecule has 2 aromatic carbocycles. The third-order valence-electron chi connectivity index (χ3n) is 3.90. The summed E-state index contributed by atoms with van der Waals surface area (Å²) in [5.41, 5.74) is 4.32. The number of phenols is 1. The highest BCUT2D eigenvalue weighted by molar-refractivity contribution is 5.71. The molecular formula is C17H17NO2. The summed E-state index contributed by atoms with van der Waals surface area (Å²) in [7, 11) is 0. The van der Waals surface area contributed by atoms with Gasteiger partial charge < -0.3 is 14.8 Å². The lowest BCUT2D eigenvalue weighted by Crippen LogP contribution is -2.36. The molecule has 0 aliphatic carbocycles. The molecule has 0 saturated heterocycles. The van der Waals surface area contributed by atoms with Gasteiger partial charge in [-0.1, -0.05) is 23.8 Å². The minimum Gasteiger partial charge on any atom is -0.508 e. The van der Waals surface area contributed by atoms with Gasteiger partial charge in [-0.05, 0) is 48.7 Å². The molecular weight excluding hydrogens is 250 g/mol. The average Bonchev–Trinajstić information content (AvgIpc) is 2.46. The van der Waals surface area contributed by atoms with E-state index >= 15 is 0 Å². The molecule has 1 heterocycles. The highest BCUT2D eigenvalue weighted by Crippen LogP contribution is 2.34. The molecule has 3 rings (SSSR count). The van der Waals surface area contributed by atoms with E-state index in [-0.39, 0.29) is 11.8 Å². The zero-order chi connectivity index (χ0) is 14.1. The van der Waals surface area contributed by atoms with Gasteiger partial charge in [-0.2, -0.15) is 0 Å². The Labute approximate surface area is 118 Å². The molecule has 0 saturated carbocycles. The molecule has 20 heavy (non-hydrogen) atoms. The number of phenolic OH excluding ortho intramolecular Hbond substituents is 1. The third-order valence-corrected chi connectivity index (χ3v) is 3.90. The Hall–Kier alpha value is -2.29. The van der Waals surface area contributed by atoms with Crippen LogP contribution >= 0.6 is 0 Å². The van der Waals surface area contributed by atoms with Gasteiger partial charge in [0.25, 0.3) is 0 Å². The van der Waals surface area contributed by atoms with Gasteiger partial charge in [0.1, 0.15) is 18.1 Å². The summed E-state index contributed by atoms with van der Waals surface area (Å²) < 4.78 is 0. The molecule has 1 N–H and O–H groups in total. The van der Waals surface area contributed by atoms with E-state index in [2.05, 4.69) is 36.1 Å². The summed E-state index contributed by atoms with van der Waals surface area (Å²) in [6.45, 7) is 2.83. The maximum Gasteiger partial charge on any atom is 0.146 e. The molecule has 0 spiro atoms. The maximum atomic E-state index is 11.6. The normalized spacial score (nSPS) is 17.6. The van der Waals surface area contributed by atoms with Gasteiger partial charge >= 0.3 is 0 Å². The highest BCUT2D eigenvalue weighted by Gasteiger charge is 2.27. The van der Waals surface area contributed by atoms with Crippen LogP contribution in [0.15, 0.2) is 42.5 Å². The number of aryl methyl sites for hydroxylation is 1. The van der Waals surface area contributed by atoms with Crippen LogP contribution in [0.3, 0.4) is 0 Å². The van der Waals surface area contributed by atoms with Crippen molar-refractivity contribution >= 4 is 12.0 Å². The zero-order valence-electron chi connectivity index (χ0n) is 11.4. The molecule has 1 aliphatic rings. The van der Waals surface area contributed by atoms with Gasteiger partial charge in [-0.15, -0.1) is 0 Å². The fourth-order valence-corrected chi connectivity index (χ4v) is 2.82. The van der Waals surface area contributed by atoms with E-state index in [1.807, 2.05) is 6.07 Å². The number of fused-ring (bicyclic) bond motifs is 1. The summed E-state index contributed by atoms with van der Waals surface area (Å²) in [5, 5.41) is 9.56. The Bertz CT molecular complexity index is 634. The Morgan fingerprint density at radius 3 is 2.65 bits per heavy atom. The summed E-state index contributed by atoms with van der Waals surface area (Å²) in [5.74, 6) is 0.261. The molecule has 0 fully saturated rings. The minimum absolute atomic E-state index is 0.261. The van der Waals surface area contributed by atoms with Gasteiger partial charge in [0.15, 0.2) is 0 Å². The van der Waals surface area contributed by atoms with Crippen LogP contribution in [0.25, 0.3) is 0 Å².